The van der Waals surface area contributed by atoms with E-state index < -0.39 is 0 Å². The van der Waals surface area contributed by atoms with Gasteiger partial charge >= 0.3 is 0 Å². The number of carbonyl (C=O) groups excluding carboxylic acids is 1. The molecule has 0 aromatic carbocycles. The van der Waals surface area contributed by atoms with Crippen LogP contribution in [-0.2, 0) is 18.3 Å². The minimum absolute atomic E-state index is 0.0728. The van der Waals surface area contributed by atoms with Gasteiger partial charge in [0, 0.05) is 31.4 Å². The number of amides is 1. The molecule has 1 N–H and O–H groups in total. The molecule has 1 saturated carbocycles. The molecule has 1 fully saturated rings. The number of aromatic nitrogens is 4. The standard InChI is InChI=1S/C17H19N5O/c1-11-4-3-7-22-10-13(18-17(11)22)8-16(23)19-15-9-14(12-5-6-12)20-21(15)2/h3-4,7,9-10,12H,5-6,8H2,1-2H3,(H,19,23). The van der Waals surface area contributed by atoms with Crippen molar-refractivity contribution in [1.82, 2.24) is 19.2 Å². The van der Waals surface area contributed by atoms with Crippen molar-refractivity contribution in [2.75, 3.05) is 5.32 Å². The molecular formula is C17H19N5O. The van der Waals surface area contributed by atoms with Gasteiger partial charge in [-0.15, -0.1) is 0 Å². The van der Waals surface area contributed by atoms with E-state index in [-0.39, 0.29) is 12.3 Å². The first-order valence-corrected chi connectivity index (χ1v) is 7.87. The molecule has 118 valence electrons. The lowest BCUT2D eigenvalue weighted by Gasteiger charge is -2.03. The first kappa shape index (κ1) is 14.0. The first-order chi connectivity index (χ1) is 11.1. The Kier molecular flexibility index (Phi) is 3.18. The van der Waals surface area contributed by atoms with Crippen LogP contribution in [-0.4, -0.2) is 25.1 Å². The predicted molar refractivity (Wildman–Crippen MR) is 87.4 cm³/mol. The Labute approximate surface area is 134 Å². The van der Waals surface area contributed by atoms with Crippen molar-refractivity contribution >= 4 is 17.4 Å². The topological polar surface area (TPSA) is 64.2 Å². The SMILES string of the molecule is Cc1cccn2cc(CC(=O)Nc3cc(C4CC4)nn3C)nc12. The van der Waals surface area contributed by atoms with E-state index in [4.69, 9.17) is 0 Å². The maximum Gasteiger partial charge on any atom is 0.231 e. The quantitative estimate of drug-likeness (QED) is 0.805. The van der Waals surface area contributed by atoms with Crippen molar-refractivity contribution in [1.29, 1.82) is 0 Å². The highest BCUT2D eigenvalue weighted by Crippen LogP contribution is 2.39. The summed E-state index contributed by atoms with van der Waals surface area (Å²) in [6.07, 6.45) is 6.50. The van der Waals surface area contributed by atoms with Crippen LogP contribution in [0.4, 0.5) is 5.82 Å². The van der Waals surface area contributed by atoms with Gasteiger partial charge in [-0.2, -0.15) is 5.10 Å². The van der Waals surface area contributed by atoms with Gasteiger partial charge in [0.15, 0.2) is 0 Å². The third kappa shape index (κ3) is 2.72. The van der Waals surface area contributed by atoms with Crippen LogP contribution in [0.5, 0.6) is 0 Å². The highest BCUT2D eigenvalue weighted by atomic mass is 16.1. The largest absolute Gasteiger partial charge is 0.311 e. The number of pyridine rings is 1. The van der Waals surface area contributed by atoms with E-state index in [1.165, 1.54) is 12.8 Å². The minimum atomic E-state index is -0.0728. The summed E-state index contributed by atoms with van der Waals surface area (Å²) in [4.78, 5) is 16.8. The number of nitrogens with zero attached hydrogens (tertiary/aromatic N) is 4. The number of hydrogen-bond donors (Lipinski definition) is 1. The summed E-state index contributed by atoms with van der Waals surface area (Å²) in [5.41, 5.74) is 3.83. The van der Waals surface area contributed by atoms with Crippen molar-refractivity contribution in [3.8, 4) is 0 Å². The molecule has 0 bridgehead atoms. The fraction of sp³-hybridized carbons (Fsp3) is 0.353. The van der Waals surface area contributed by atoms with E-state index in [0.717, 1.165) is 28.4 Å². The van der Waals surface area contributed by atoms with E-state index in [0.29, 0.717) is 5.92 Å². The number of fused-ring (bicyclic) bond motifs is 1. The van der Waals surface area contributed by atoms with Gasteiger partial charge in [-0.1, -0.05) is 6.07 Å². The fourth-order valence-corrected chi connectivity index (χ4v) is 2.83. The summed E-state index contributed by atoms with van der Waals surface area (Å²) in [7, 11) is 1.86. The van der Waals surface area contributed by atoms with E-state index >= 15 is 0 Å². The normalized spacial score (nSPS) is 14.3. The van der Waals surface area contributed by atoms with Gasteiger partial charge in [0.25, 0.3) is 0 Å². The second-order valence-electron chi connectivity index (χ2n) is 6.23. The Hall–Kier alpha value is -2.63. The minimum Gasteiger partial charge on any atom is -0.311 e. The van der Waals surface area contributed by atoms with E-state index in [1.54, 1.807) is 4.68 Å². The third-order valence-electron chi connectivity index (χ3n) is 4.23. The van der Waals surface area contributed by atoms with Crippen molar-refractivity contribution < 1.29 is 4.79 Å². The second-order valence-corrected chi connectivity index (χ2v) is 6.23. The van der Waals surface area contributed by atoms with Crippen LogP contribution >= 0.6 is 0 Å². The Bertz CT molecular complexity index is 888. The summed E-state index contributed by atoms with van der Waals surface area (Å²) in [5.74, 6) is 1.25. The smallest absolute Gasteiger partial charge is 0.231 e. The molecule has 6 heteroatoms. The van der Waals surface area contributed by atoms with Crippen molar-refractivity contribution in [3.63, 3.8) is 0 Å². The van der Waals surface area contributed by atoms with E-state index in [1.807, 2.05) is 49.0 Å². The van der Waals surface area contributed by atoms with Crippen molar-refractivity contribution in [3.05, 3.63) is 47.5 Å². The molecule has 0 unspecified atom stereocenters. The molecule has 1 aliphatic rings. The van der Waals surface area contributed by atoms with Gasteiger partial charge in [0.2, 0.25) is 5.91 Å². The highest BCUT2D eigenvalue weighted by molar-refractivity contribution is 5.91. The molecule has 0 saturated heterocycles. The van der Waals surface area contributed by atoms with Gasteiger partial charge in [-0.25, -0.2) is 4.98 Å². The highest BCUT2D eigenvalue weighted by Gasteiger charge is 2.27. The summed E-state index contributed by atoms with van der Waals surface area (Å²) in [5, 5.41) is 7.39. The molecule has 0 radical (unpaired) electrons. The van der Waals surface area contributed by atoms with Crippen LogP contribution in [0.25, 0.3) is 5.65 Å². The lowest BCUT2D eigenvalue weighted by atomic mass is 10.3. The molecule has 4 rings (SSSR count). The molecule has 3 aromatic heterocycles. The molecule has 1 aliphatic carbocycles. The van der Waals surface area contributed by atoms with Crippen molar-refractivity contribution in [2.24, 2.45) is 7.05 Å². The lowest BCUT2D eigenvalue weighted by molar-refractivity contribution is -0.115. The van der Waals surface area contributed by atoms with Gasteiger partial charge in [0.05, 0.1) is 17.8 Å². The second kappa shape index (κ2) is 5.22. The fourth-order valence-electron chi connectivity index (χ4n) is 2.83. The Morgan fingerprint density at radius 1 is 1.43 bits per heavy atom. The molecule has 0 spiro atoms. The molecule has 0 atom stereocenters. The number of imidazole rings is 1. The number of hydrogen-bond acceptors (Lipinski definition) is 3. The van der Waals surface area contributed by atoms with Gasteiger partial charge in [-0.05, 0) is 31.4 Å². The zero-order valence-corrected chi connectivity index (χ0v) is 13.3. The first-order valence-electron chi connectivity index (χ1n) is 7.87. The van der Waals surface area contributed by atoms with E-state index in [2.05, 4.69) is 15.4 Å². The number of nitrogens with one attached hydrogen (secondary N) is 1. The average molecular weight is 309 g/mol. The molecule has 0 aliphatic heterocycles. The number of aryl methyl sites for hydroxylation is 2. The zero-order valence-electron chi connectivity index (χ0n) is 13.3. The van der Waals surface area contributed by atoms with E-state index in [9.17, 15) is 4.79 Å². The molecule has 3 heterocycles. The molecule has 23 heavy (non-hydrogen) atoms. The van der Waals surface area contributed by atoms with Crippen LogP contribution in [0.1, 0.15) is 35.7 Å². The summed E-state index contributed by atoms with van der Waals surface area (Å²) in [6.45, 7) is 2.02. The number of rotatable bonds is 4. The maximum atomic E-state index is 12.3. The average Bonchev–Trinajstić information content (AvgIpc) is 3.18. The molecular weight excluding hydrogens is 290 g/mol. The predicted octanol–water partition coefficient (Wildman–Crippen LogP) is 2.43. The monoisotopic (exact) mass is 309 g/mol. The molecule has 6 nitrogen and oxygen atoms in total. The van der Waals surface area contributed by atoms with Crippen LogP contribution < -0.4 is 5.32 Å². The molecule has 3 aromatic rings. The summed E-state index contributed by atoms with van der Waals surface area (Å²) < 4.78 is 3.69. The molecule has 1 amide bonds. The van der Waals surface area contributed by atoms with Crippen LogP contribution in [0.15, 0.2) is 30.6 Å². The Morgan fingerprint density at radius 3 is 3.00 bits per heavy atom. The lowest BCUT2D eigenvalue weighted by Crippen LogP contribution is -2.16. The van der Waals surface area contributed by atoms with Crippen LogP contribution in [0.3, 0.4) is 0 Å². The van der Waals surface area contributed by atoms with Crippen molar-refractivity contribution in [2.45, 2.75) is 32.1 Å². The third-order valence-corrected chi connectivity index (χ3v) is 4.23. The summed E-state index contributed by atoms with van der Waals surface area (Å²) in [6, 6.07) is 5.97. The van der Waals surface area contributed by atoms with Crippen LogP contribution in [0.2, 0.25) is 0 Å². The maximum absolute atomic E-state index is 12.3. The number of anilines is 1. The van der Waals surface area contributed by atoms with Crippen LogP contribution in [0, 0.1) is 6.92 Å². The Morgan fingerprint density at radius 2 is 2.26 bits per heavy atom. The van der Waals surface area contributed by atoms with Gasteiger partial charge in [-0.3, -0.25) is 9.48 Å². The van der Waals surface area contributed by atoms with Gasteiger partial charge in [0.1, 0.15) is 11.5 Å². The van der Waals surface area contributed by atoms with Gasteiger partial charge < -0.3 is 9.72 Å². The zero-order chi connectivity index (χ0) is 16.0. The Balaban J connectivity index is 1.49. The number of carbonyl (C=O) groups is 1. The summed E-state index contributed by atoms with van der Waals surface area (Å²) >= 11 is 0.